The minimum absolute atomic E-state index is 0.101. The van der Waals surface area contributed by atoms with E-state index < -0.39 is 0 Å². The monoisotopic (exact) mass is 339 g/mol. The number of rotatable bonds is 5. The lowest BCUT2D eigenvalue weighted by atomic mass is 10.1. The fourth-order valence-electron chi connectivity index (χ4n) is 2.90. The van der Waals surface area contributed by atoms with Crippen LogP contribution in [0.15, 0.2) is 48.5 Å². The number of carbonyl (C=O) groups excluding carboxylic acids is 1. The molecule has 0 aliphatic carbocycles. The Labute approximate surface area is 149 Å². The highest BCUT2D eigenvalue weighted by Gasteiger charge is 2.14. The maximum absolute atomic E-state index is 12.3. The Kier molecular flexibility index (Phi) is 5.68. The number of likely N-dealkylation sites (N-methyl/N-ethyl adjacent to an activating group) is 1. The summed E-state index contributed by atoms with van der Waals surface area (Å²) in [5.74, 6) is 0.669. The van der Waals surface area contributed by atoms with Gasteiger partial charge in [0.15, 0.2) is 0 Å². The van der Waals surface area contributed by atoms with Gasteiger partial charge in [0, 0.05) is 44.0 Å². The number of nitrogens with one attached hydrogen (secondary N) is 1. The van der Waals surface area contributed by atoms with Gasteiger partial charge < -0.3 is 15.0 Å². The number of ether oxygens (including phenoxy) is 1. The predicted molar refractivity (Wildman–Crippen MR) is 100 cm³/mol. The minimum Gasteiger partial charge on any atom is -0.497 e. The van der Waals surface area contributed by atoms with E-state index in [9.17, 15) is 4.79 Å². The van der Waals surface area contributed by atoms with E-state index in [1.165, 1.54) is 5.56 Å². The third-order valence-corrected chi connectivity index (χ3v) is 4.57. The van der Waals surface area contributed by atoms with Crippen molar-refractivity contribution in [2.45, 2.75) is 6.54 Å². The number of piperazine rings is 1. The van der Waals surface area contributed by atoms with Crippen molar-refractivity contribution in [2.75, 3.05) is 45.7 Å². The van der Waals surface area contributed by atoms with Gasteiger partial charge in [0.05, 0.1) is 7.11 Å². The van der Waals surface area contributed by atoms with Gasteiger partial charge in [-0.2, -0.15) is 0 Å². The van der Waals surface area contributed by atoms with Crippen LogP contribution in [0.25, 0.3) is 0 Å². The normalized spacial score (nSPS) is 15.8. The summed E-state index contributed by atoms with van der Waals surface area (Å²) in [5.41, 5.74) is 2.66. The number of hydrogen-bond acceptors (Lipinski definition) is 4. The molecule has 1 saturated heterocycles. The quantitative estimate of drug-likeness (QED) is 0.910. The van der Waals surface area contributed by atoms with Crippen molar-refractivity contribution < 1.29 is 9.53 Å². The number of anilines is 1. The molecule has 0 unspecified atom stereocenters. The highest BCUT2D eigenvalue weighted by molar-refractivity contribution is 6.04. The average molecular weight is 339 g/mol. The van der Waals surface area contributed by atoms with Crippen molar-refractivity contribution in [3.05, 3.63) is 59.7 Å². The summed E-state index contributed by atoms with van der Waals surface area (Å²) in [7, 11) is 3.78. The van der Waals surface area contributed by atoms with Gasteiger partial charge in [-0.25, -0.2) is 0 Å². The molecule has 1 N–H and O–H groups in total. The molecule has 1 amide bonds. The summed E-state index contributed by atoms with van der Waals surface area (Å²) >= 11 is 0. The standard InChI is InChI=1S/C20H25N3O2/c1-22-11-13-23(14-12-22)15-16-3-5-17(6-4-16)20(24)21-18-7-9-19(25-2)10-8-18/h3-10H,11-15H2,1-2H3,(H,21,24). The third-order valence-electron chi connectivity index (χ3n) is 4.57. The minimum atomic E-state index is -0.101. The van der Waals surface area contributed by atoms with Gasteiger partial charge in [-0.1, -0.05) is 12.1 Å². The molecule has 1 fully saturated rings. The molecule has 25 heavy (non-hydrogen) atoms. The largest absolute Gasteiger partial charge is 0.497 e. The van der Waals surface area contributed by atoms with Crippen molar-refractivity contribution in [1.29, 1.82) is 0 Å². The van der Waals surface area contributed by atoms with Crippen LogP contribution in [-0.4, -0.2) is 56.0 Å². The molecular weight excluding hydrogens is 314 g/mol. The number of amides is 1. The maximum Gasteiger partial charge on any atom is 0.255 e. The molecule has 0 saturated carbocycles. The second-order valence-electron chi connectivity index (χ2n) is 6.46. The van der Waals surface area contributed by atoms with Crippen LogP contribution in [0.5, 0.6) is 5.75 Å². The molecule has 1 aliphatic heterocycles. The summed E-state index contributed by atoms with van der Waals surface area (Å²) in [6.07, 6.45) is 0. The second-order valence-corrected chi connectivity index (χ2v) is 6.46. The zero-order valence-corrected chi connectivity index (χ0v) is 14.9. The predicted octanol–water partition coefficient (Wildman–Crippen LogP) is 2.69. The van der Waals surface area contributed by atoms with E-state index in [1.54, 1.807) is 7.11 Å². The zero-order chi connectivity index (χ0) is 17.6. The average Bonchev–Trinajstić information content (AvgIpc) is 2.65. The molecule has 5 nitrogen and oxygen atoms in total. The lowest BCUT2D eigenvalue weighted by molar-refractivity contribution is 0.102. The van der Waals surface area contributed by atoms with Crippen LogP contribution in [-0.2, 0) is 6.54 Å². The first-order chi connectivity index (χ1) is 12.1. The van der Waals surface area contributed by atoms with Crippen LogP contribution in [0.1, 0.15) is 15.9 Å². The van der Waals surface area contributed by atoms with Crippen LogP contribution in [0.3, 0.4) is 0 Å². The fraction of sp³-hybridized carbons (Fsp3) is 0.350. The Bertz CT molecular complexity index is 690. The third kappa shape index (κ3) is 4.81. The van der Waals surface area contributed by atoms with Gasteiger partial charge in [0.25, 0.3) is 5.91 Å². The number of carbonyl (C=O) groups is 1. The number of methoxy groups -OCH3 is 1. The molecular formula is C20H25N3O2. The van der Waals surface area contributed by atoms with Crippen molar-refractivity contribution in [3.63, 3.8) is 0 Å². The van der Waals surface area contributed by atoms with E-state index in [0.29, 0.717) is 5.56 Å². The summed E-state index contributed by atoms with van der Waals surface area (Å²) in [5, 5.41) is 2.90. The van der Waals surface area contributed by atoms with Crippen molar-refractivity contribution in [1.82, 2.24) is 9.80 Å². The topological polar surface area (TPSA) is 44.8 Å². The van der Waals surface area contributed by atoms with Crippen molar-refractivity contribution in [3.8, 4) is 5.75 Å². The van der Waals surface area contributed by atoms with Gasteiger partial charge in [0.1, 0.15) is 5.75 Å². The van der Waals surface area contributed by atoms with Crippen LogP contribution in [0.4, 0.5) is 5.69 Å². The Morgan fingerprint density at radius 2 is 1.64 bits per heavy atom. The van der Waals surface area contributed by atoms with E-state index in [1.807, 2.05) is 48.5 Å². The van der Waals surface area contributed by atoms with Gasteiger partial charge in [0.2, 0.25) is 0 Å². The maximum atomic E-state index is 12.3. The van der Waals surface area contributed by atoms with Gasteiger partial charge >= 0.3 is 0 Å². The van der Waals surface area contributed by atoms with E-state index in [0.717, 1.165) is 44.2 Å². The molecule has 2 aromatic carbocycles. The SMILES string of the molecule is COc1ccc(NC(=O)c2ccc(CN3CCN(C)CC3)cc2)cc1. The van der Waals surface area contributed by atoms with Gasteiger partial charge in [-0.15, -0.1) is 0 Å². The van der Waals surface area contributed by atoms with E-state index in [-0.39, 0.29) is 5.91 Å². The van der Waals surface area contributed by atoms with E-state index >= 15 is 0 Å². The van der Waals surface area contributed by atoms with Gasteiger partial charge in [-0.3, -0.25) is 9.69 Å². The molecule has 1 aliphatic rings. The Balaban J connectivity index is 1.56. The smallest absolute Gasteiger partial charge is 0.255 e. The first-order valence-corrected chi connectivity index (χ1v) is 8.59. The molecule has 0 bridgehead atoms. The molecule has 3 rings (SSSR count). The summed E-state index contributed by atoms with van der Waals surface area (Å²) in [4.78, 5) is 17.1. The molecule has 5 heteroatoms. The molecule has 2 aromatic rings. The molecule has 132 valence electrons. The highest BCUT2D eigenvalue weighted by Crippen LogP contribution is 2.16. The zero-order valence-electron chi connectivity index (χ0n) is 14.9. The Hall–Kier alpha value is -2.37. The Morgan fingerprint density at radius 1 is 1.00 bits per heavy atom. The van der Waals surface area contributed by atoms with Crippen LogP contribution < -0.4 is 10.1 Å². The fourth-order valence-corrected chi connectivity index (χ4v) is 2.90. The summed E-state index contributed by atoms with van der Waals surface area (Å²) in [6, 6.07) is 15.2. The van der Waals surface area contributed by atoms with E-state index in [2.05, 4.69) is 22.2 Å². The Morgan fingerprint density at radius 3 is 2.24 bits per heavy atom. The van der Waals surface area contributed by atoms with Crippen molar-refractivity contribution >= 4 is 11.6 Å². The molecule has 0 aromatic heterocycles. The lowest BCUT2D eigenvalue weighted by Gasteiger charge is -2.32. The van der Waals surface area contributed by atoms with E-state index in [4.69, 9.17) is 4.74 Å². The first-order valence-electron chi connectivity index (χ1n) is 8.59. The summed E-state index contributed by atoms with van der Waals surface area (Å²) in [6.45, 7) is 5.35. The molecule has 1 heterocycles. The summed E-state index contributed by atoms with van der Waals surface area (Å²) < 4.78 is 5.12. The van der Waals surface area contributed by atoms with Crippen LogP contribution >= 0.6 is 0 Å². The van der Waals surface area contributed by atoms with Crippen LogP contribution in [0.2, 0.25) is 0 Å². The van der Waals surface area contributed by atoms with Gasteiger partial charge in [-0.05, 0) is 49.0 Å². The van der Waals surface area contributed by atoms with Crippen molar-refractivity contribution in [2.24, 2.45) is 0 Å². The van der Waals surface area contributed by atoms with Crippen LogP contribution in [0, 0.1) is 0 Å². The molecule has 0 spiro atoms. The number of benzene rings is 2. The number of nitrogens with zero attached hydrogens (tertiary/aromatic N) is 2. The lowest BCUT2D eigenvalue weighted by Crippen LogP contribution is -2.43. The number of hydrogen-bond donors (Lipinski definition) is 1. The molecule has 0 atom stereocenters. The second kappa shape index (κ2) is 8.14. The highest BCUT2D eigenvalue weighted by atomic mass is 16.5. The molecule has 0 radical (unpaired) electrons. The first kappa shape index (κ1) is 17.5.